The Kier molecular flexibility index (Phi) is 4.12. The van der Waals surface area contributed by atoms with Gasteiger partial charge in [0.2, 0.25) is 0 Å². The zero-order chi connectivity index (χ0) is 17.1. The van der Waals surface area contributed by atoms with Crippen molar-refractivity contribution in [3.8, 4) is 34.0 Å². The van der Waals surface area contributed by atoms with Crippen LogP contribution < -0.4 is 0 Å². The van der Waals surface area contributed by atoms with Gasteiger partial charge in [0.1, 0.15) is 11.5 Å². The van der Waals surface area contributed by atoms with Crippen molar-refractivity contribution in [3.63, 3.8) is 0 Å². The van der Waals surface area contributed by atoms with E-state index in [2.05, 4.69) is 23.1 Å². The van der Waals surface area contributed by atoms with Gasteiger partial charge in [-0.3, -0.25) is 0 Å². The van der Waals surface area contributed by atoms with Crippen LogP contribution in [0.3, 0.4) is 0 Å². The maximum Gasteiger partial charge on any atom is 0.115 e. The lowest BCUT2D eigenvalue weighted by molar-refractivity contribution is 0.475. The van der Waals surface area contributed by atoms with Gasteiger partial charge in [-0.05, 0) is 60.7 Å². The number of nitrogens with zero attached hydrogens (tertiary/aromatic N) is 2. The average Bonchev–Trinajstić information content (AvgIpc) is 2.62. The van der Waals surface area contributed by atoms with Gasteiger partial charge < -0.3 is 10.2 Å². The Bertz CT molecular complexity index is 821. The quantitative estimate of drug-likeness (QED) is 0.743. The molecule has 24 heavy (non-hydrogen) atoms. The molecule has 3 rings (SSSR count). The number of aromatic nitrogens is 2. The topological polar surface area (TPSA) is 66.2 Å². The monoisotopic (exact) mass is 316 g/mol. The fourth-order valence-corrected chi connectivity index (χ4v) is 2.41. The summed E-state index contributed by atoms with van der Waals surface area (Å²) in [6.07, 6.45) is 3.29. The first kappa shape index (κ1) is 15.5. The van der Waals surface area contributed by atoms with E-state index in [0.717, 1.165) is 11.1 Å². The molecule has 0 amide bonds. The van der Waals surface area contributed by atoms with Gasteiger partial charge >= 0.3 is 0 Å². The van der Waals surface area contributed by atoms with Gasteiger partial charge in [-0.2, -0.15) is 0 Å². The number of benzene rings is 2. The molecule has 0 fully saturated rings. The summed E-state index contributed by atoms with van der Waals surface area (Å²) in [5.41, 5.74) is 4.26. The van der Waals surface area contributed by atoms with Crippen LogP contribution >= 0.6 is 0 Å². The smallest absolute Gasteiger partial charge is 0.115 e. The normalized spacial score (nSPS) is 10.3. The molecule has 0 spiro atoms. The van der Waals surface area contributed by atoms with Crippen molar-refractivity contribution in [2.45, 2.75) is 0 Å². The van der Waals surface area contributed by atoms with Crippen molar-refractivity contribution >= 4 is 12.2 Å². The standard InChI is InChI=1S/C20H16N2O2/c1-3-17-19(13-5-9-15(23)10-6-13)22-18(4-2)20(21-17)14-7-11-16(24)12-8-14/h3-12,23-24H,1-2H2. The minimum absolute atomic E-state index is 0.191. The minimum Gasteiger partial charge on any atom is -0.508 e. The summed E-state index contributed by atoms with van der Waals surface area (Å²) in [7, 11) is 0. The van der Waals surface area contributed by atoms with Crippen LogP contribution in [0.1, 0.15) is 11.4 Å². The molecule has 0 bridgehead atoms. The fraction of sp³-hybridized carbons (Fsp3) is 0. The molecule has 0 unspecified atom stereocenters. The number of hydrogen-bond donors (Lipinski definition) is 2. The summed E-state index contributed by atoms with van der Waals surface area (Å²) in [6, 6.07) is 13.5. The van der Waals surface area contributed by atoms with Gasteiger partial charge in [0.05, 0.1) is 22.8 Å². The SMILES string of the molecule is C=Cc1nc(-c2ccc(O)cc2)c(C=C)nc1-c1ccc(O)cc1. The van der Waals surface area contributed by atoms with Crippen LogP contribution in [-0.4, -0.2) is 20.2 Å². The van der Waals surface area contributed by atoms with Crippen molar-refractivity contribution < 1.29 is 10.2 Å². The highest BCUT2D eigenvalue weighted by Gasteiger charge is 2.13. The molecule has 0 aliphatic rings. The number of aromatic hydroxyl groups is 2. The molecule has 0 radical (unpaired) electrons. The second-order valence-electron chi connectivity index (χ2n) is 5.19. The molecular weight excluding hydrogens is 300 g/mol. The van der Waals surface area contributed by atoms with Crippen LogP contribution in [-0.2, 0) is 0 Å². The van der Waals surface area contributed by atoms with E-state index < -0.39 is 0 Å². The maximum absolute atomic E-state index is 9.45. The first-order chi connectivity index (χ1) is 11.6. The summed E-state index contributed by atoms with van der Waals surface area (Å²) >= 11 is 0. The second-order valence-corrected chi connectivity index (χ2v) is 5.19. The zero-order valence-corrected chi connectivity index (χ0v) is 13.0. The molecule has 0 saturated carbocycles. The van der Waals surface area contributed by atoms with Crippen molar-refractivity contribution in [1.29, 1.82) is 0 Å². The highest BCUT2D eigenvalue weighted by atomic mass is 16.3. The highest BCUT2D eigenvalue weighted by molar-refractivity contribution is 5.77. The van der Waals surface area contributed by atoms with Crippen LogP contribution in [0.15, 0.2) is 61.7 Å². The van der Waals surface area contributed by atoms with E-state index in [1.54, 1.807) is 60.7 Å². The lowest BCUT2D eigenvalue weighted by Crippen LogP contribution is -1.99. The number of hydrogen-bond acceptors (Lipinski definition) is 4. The molecule has 1 heterocycles. The number of phenolic OH excluding ortho intramolecular Hbond substituents is 2. The molecule has 2 aromatic carbocycles. The Balaban J connectivity index is 2.19. The number of phenols is 2. The summed E-state index contributed by atoms with van der Waals surface area (Å²) in [6.45, 7) is 7.64. The summed E-state index contributed by atoms with van der Waals surface area (Å²) in [5.74, 6) is 0.382. The lowest BCUT2D eigenvalue weighted by Gasteiger charge is -2.11. The Morgan fingerprint density at radius 1 is 0.625 bits per heavy atom. The maximum atomic E-state index is 9.45. The molecule has 4 nitrogen and oxygen atoms in total. The molecule has 2 N–H and O–H groups in total. The summed E-state index contributed by atoms with van der Waals surface area (Å²) < 4.78 is 0. The molecule has 0 aliphatic heterocycles. The van der Waals surface area contributed by atoms with Gasteiger partial charge in [-0.25, -0.2) is 9.97 Å². The van der Waals surface area contributed by atoms with Crippen LogP contribution in [0, 0.1) is 0 Å². The molecule has 1 aromatic heterocycles. The van der Waals surface area contributed by atoms with Gasteiger partial charge in [0.25, 0.3) is 0 Å². The van der Waals surface area contributed by atoms with Gasteiger partial charge in [0, 0.05) is 11.1 Å². The highest BCUT2D eigenvalue weighted by Crippen LogP contribution is 2.29. The van der Waals surface area contributed by atoms with E-state index in [1.807, 2.05) is 0 Å². The fourth-order valence-electron chi connectivity index (χ4n) is 2.41. The molecule has 0 atom stereocenters. The molecule has 0 aliphatic carbocycles. The Morgan fingerprint density at radius 2 is 0.958 bits per heavy atom. The predicted octanol–water partition coefficient (Wildman–Crippen LogP) is 4.51. The first-order valence-corrected chi connectivity index (χ1v) is 7.38. The zero-order valence-electron chi connectivity index (χ0n) is 13.0. The van der Waals surface area contributed by atoms with E-state index in [9.17, 15) is 10.2 Å². The van der Waals surface area contributed by atoms with Gasteiger partial charge in [-0.15, -0.1) is 0 Å². The summed E-state index contributed by atoms with van der Waals surface area (Å²) in [5, 5.41) is 18.9. The first-order valence-electron chi connectivity index (χ1n) is 7.38. The van der Waals surface area contributed by atoms with E-state index in [4.69, 9.17) is 0 Å². The van der Waals surface area contributed by atoms with Gasteiger partial charge in [-0.1, -0.05) is 13.2 Å². The van der Waals surface area contributed by atoms with Gasteiger partial charge in [0.15, 0.2) is 0 Å². The molecular formula is C20H16N2O2. The Labute approximate surface area is 140 Å². The van der Waals surface area contributed by atoms with E-state index in [0.29, 0.717) is 22.8 Å². The Hall–Kier alpha value is -3.40. The minimum atomic E-state index is 0.191. The third-order valence-corrected chi connectivity index (χ3v) is 3.62. The average molecular weight is 316 g/mol. The largest absolute Gasteiger partial charge is 0.508 e. The molecule has 0 saturated heterocycles. The van der Waals surface area contributed by atoms with E-state index >= 15 is 0 Å². The van der Waals surface area contributed by atoms with Crippen molar-refractivity contribution in [2.24, 2.45) is 0 Å². The lowest BCUT2D eigenvalue weighted by atomic mass is 10.1. The third-order valence-electron chi connectivity index (χ3n) is 3.62. The van der Waals surface area contributed by atoms with Crippen molar-refractivity contribution in [1.82, 2.24) is 9.97 Å². The number of rotatable bonds is 4. The van der Waals surface area contributed by atoms with E-state index in [-0.39, 0.29) is 11.5 Å². The van der Waals surface area contributed by atoms with Crippen LogP contribution in [0.5, 0.6) is 11.5 Å². The molecule has 3 aromatic rings. The second kappa shape index (κ2) is 6.38. The van der Waals surface area contributed by atoms with Crippen LogP contribution in [0.2, 0.25) is 0 Å². The van der Waals surface area contributed by atoms with Crippen LogP contribution in [0.4, 0.5) is 0 Å². The van der Waals surface area contributed by atoms with Crippen LogP contribution in [0.25, 0.3) is 34.7 Å². The van der Waals surface area contributed by atoms with Crippen molar-refractivity contribution in [3.05, 3.63) is 73.1 Å². The molecule has 4 heteroatoms. The molecule has 118 valence electrons. The predicted molar refractivity (Wildman–Crippen MR) is 96.4 cm³/mol. The third kappa shape index (κ3) is 2.90. The summed E-state index contributed by atoms with van der Waals surface area (Å²) in [4.78, 5) is 9.33. The van der Waals surface area contributed by atoms with E-state index in [1.165, 1.54) is 0 Å². The van der Waals surface area contributed by atoms with Crippen molar-refractivity contribution in [2.75, 3.05) is 0 Å². The Morgan fingerprint density at radius 3 is 1.25 bits per heavy atom.